The monoisotopic (exact) mass is 634 g/mol. The summed E-state index contributed by atoms with van der Waals surface area (Å²) in [5, 5.41) is 13.1. The molecule has 1 N–H and O–H groups in total. The molecule has 2 aromatic carbocycles. The number of carboxylic acid groups (broad SMARTS) is 1. The number of para-hydroxylation sites is 1. The quantitative estimate of drug-likeness (QED) is 0.252. The van der Waals surface area contributed by atoms with Gasteiger partial charge in [0.1, 0.15) is 17.9 Å². The van der Waals surface area contributed by atoms with Gasteiger partial charge in [-0.3, -0.25) is 0 Å². The van der Waals surface area contributed by atoms with Gasteiger partial charge in [-0.15, -0.1) is 0 Å². The van der Waals surface area contributed by atoms with Gasteiger partial charge in [0.05, 0.1) is 23.2 Å². The van der Waals surface area contributed by atoms with Crippen LogP contribution in [0.2, 0.25) is 5.02 Å². The molecule has 0 aliphatic carbocycles. The number of carbonyl (C=O) groups is 1. The lowest BCUT2D eigenvalue weighted by molar-refractivity contribution is -0.143. The van der Waals surface area contributed by atoms with E-state index in [-0.39, 0.29) is 34.8 Å². The standard InChI is InChI=1S/C29H26ClF3N4O5S/c1-43(40,41)36-14-12-20(13-15-36)19-10-8-18(9-11-19)17-42-26-21(4-2-5-23(26)30)24-6-3-7-25(35-24)37-27(29(31,32)33)22(16-34-37)28(38)39/h2-11,16,20H,12-15,17H2,1H3,(H,38,39). The molecule has 1 saturated heterocycles. The van der Waals surface area contributed by atoms with E-state index in [4.69, 9.17) is 16.3 Å². The van der Waals surface area contributed by atoms with Gasteiger partial charge in [-0.05, 0) is 54.2 Å². The first kappa shape index (κ1) is 30.5. The minimum Gasteiger partial charge on any atom is -0.487 e. The summed E-state index contributed by atoms with van der Waals surface area (Å²) < 4.78 is 72.9. The molecule has 1 aliphatic rings. The maximum absolute atomic E-state index is 13.8. The Morgan fingerprint density at radius 2 is 1.74 bits per heavy atom. The van der Waals surface area contributed by atoms with Crippen LogP contribution in [0.15, 0.2) is 66.9 Å². The van der Waals surface area contributed by atoms with Crippen LogP contribution in [0, 0.1) is 0 Å². The number of rotatable bonds is 8. The third-order valence-electron chi connectivity index (χ3n) is 7.22. The van der Waals surface area contributed by atoms with E-state index in [1.807, 2.05) is 24.3 Å². The van der Waals surface area contributed by atoms with Gasteiger partial charge >= 0.3 is 12.1 Å². The fourth-order valence-electron chi connectivity index (χ4n) is 5.06. The van der Waals surface area contributed by atoms with Crippen molar-refractivity contribution in [3.05, 3.63) is 94.3 Å². The smallest absolute Gasteiger partial charge is 0.434 e. The van der Waals surface area contributed by atoms with E-state index in [2.05, 4.69) is 10.1 Å². The van der Waals surface area contributed by atoms with E-state index in [9.17, 15) is 31.5 Å². The number of hydrogen-bond acceptors (Lipinski definition) is 6. The molecule has 0 saturated carbocycles. The molecule has 2 aromatic heterocycles. The Kier molecular flexibility index (Phi) is 8.50. The Hall–Kier alpha value is -3.94. The molecular weight excluding hydrogens is 609 g/mol. The van der Waals surface area contributed by atoms with Gasteiger partial charge in [-0.2, -0.15) is 18.3 Å². The first-order valence-corrected chi connectivity index (χ1v) is 15.4. The fraction of sp³-hybridized carbons (Fsp3) is 0.276. The molecule has 4 aromatic rings. The largest absolute Gasteiger partial charge is 0.487 e. The van der Waals surface area contributed by atoms with E-state index in [0.29, 0.717) is 29.5 Å². The second kappa shape index (κ2) is 12.0. The molecule has 3 heterocycles. The molecule has 0 amide bonds. The van der Waals surface area contributed by atoms with Gasteiger partial charge in [0, 0.05) is 18.7 Å². The number of pyridine rings is 1. The average Bonchev–Trinajstić information content (AvgIpc) is 3.43. The average molecular weight is 635 g/mol. The van der Waals surface area contributed by atoms with Crippen LogP contribution in [-0.2, 0) is 22.8 Å². The Labute approximate surface area is 250 Å². The van der Waals surface area contributed by atoms with Crippen molar-refractivity contribution in [3.63, 3.8) is 0 Å². The molecule has 9 nitrogen and oxygen atoms in total. The molecule has 0 atom stereocenters. The summed E-state index contributed by atoms with van der Waals surface area (Å²) in [5.74, 6) is -1.47. The number of sulfonamides is 1. The van der Waals surface area contributed by atoms with Crippen LogP contribution < -0.4 is 4.74 Å². The number of hydrogen-bond donors (Lipinski definition) is 1. The van der Waals surface area contributed by atoms with Crippen LogP contribution in [0.5, 0.6) is 5.75 Å². The lowest BCUT2D eigenvalue weighted by Gasteiger charge is -2.30. The molecule has 5 rings (SSSR count). The molecule has 14 heteroatoms. The van der Waals surface area contributed by atoms with E-state index >= 15 is 0 Å². The molecule has 0 bridgehead atoms. The van der Waals surface area contributed by atoms with E-state index in [1.54, 1.807) is 24.3 Å². The summed E-state index contributed by atoms with van der Waals surface area (Å²) in [6, 6.07) is 17.1. The SMILES string of the molecule is CS(=O)(=O)N1CCC(c2ccc(COc3c(Cl)cccc3-c3cccc(-n4ncc(C(=O)O)c4C(F)(F)F)n3)cc2)CC1. The Balaban J connectivity index is 1.36. The zero-order valence-electron chi connectivity index (χ0n) is 22.8. The molecule has 0 unspecified atom stereocenters. The summed E-state index contributed by atoms with van der Waals surface area (Å²) in [6.45, 7) is 1.11. The summed E-state index contributed by atoms with van der Waals surface area (Å²) in [5.41, 5.74) is 0.180. The lowest BCUT2D eigenvalue weighted by atomic mass is 9.90. The first-order chi connectivity index (χ1) is 20.3. The zero-order chi connectivity index (χ0) is 30.9. The van der Waals surface area contributed by atoms with Gasteiger partial charge in [0.25, 0.3) is 0 Å². The highest BCUT2D eigenvalue weighted by Crippen LogP contribution is 2.38. The summed E-state index contributed by atoms with van der Waals surface area (Å²) >= 11 is 6.47. The van der Waals surface area contributed by atoms with Crippen molar-refractivity contribution in [2.45, 2.75) is 31.5 Å². The van der Waals surface area contributed by atoms with E-state index in [0.717, 1.165) is 24.0 Å². The van der Waals surface area contributed by atoms with Crippen LogP contribution in [0.25, 0.3) is 17.1 Å². The Morgan fingerprint density at radius 3 is 2.37 bits per heavy atom. The number of nitrogens with zero attached hydrogens (tertiary/aromatic N) is 4. The predicted octanol–water partition coefficient (Wildman–Crippen LogP) is 6.02. The summed E-state index contributed by atoms with van der Waals surface area (Å²) in [6.07, 6.45) is -1.66. The van der Waals surface area contributed by atoms with Crippen LogP contribution in [0.3, 0.4) is 0 Å². The number of ether oxygens (including phenoxy) is 1. The molecule has 0 radical (unpaired) electrons. The number of benzene rings is 2. The highest BCUT2D eigenvalue weighted by Gasteiger charge is 2.41. The molecule has 43 heavy (non-hydrogen) atoms. The van der Waals surface area contributed by atoms with Crippen molar-refractivity contribution < 1.29 is 36.2 Å². The topological polar surface area (TPSA) is 115 Å². The predicted molar refractivity (Wildman–Crippen MR) is 153 cm³/mol. The van der Waals surface area contributed by atoms with Crippen molar-refractivity contribution in [2.24, 2.45) is 0 Å². The molecule has 0 spiro atoms. The maximum Gasteiger partial charge on any atom is 0.434 e. The van der Waals surface area contributed by atoms with E-state index in [1.165, 1.54) is 22.7 Å². The zero-order valence-corrected chi connectivity index (χ0v) is 24.3. The third kappa shape index (κ3) is 6.68. The van der Waals surface area contributed by atoms with Crippen molar-refractivity contribution >= 4 is 27.6 Å². The maximum atomic E-state index is 13.8. The lowest BCUT2D eigenvalue weighted by Crippen LogP contribution is -2.37. The Morgan fingerprint density at radius 1 is 1.07 bits per heavy atom. The van der Waals surface area contributed by atoms with Gasteiger partial charge in [0.2, 0.25) is 10.0 Å². The fourth-order valence-corrected chi connectivity index (χ4v) is 6.17. The number of alkyl halides is 3. The number of halogens is 4. The van der Waals surface area contributed by atoms with Crippen LogP contribution >= 0.6 is 11.6 Å². The van der Waals surface area contributed by atoms with Gasteiger partial charge in [-0.25, -0.2) is 27.2 Å². The van der Waals surface area contributed by atoms with Crippen molar-refractivity contribution in [1.82, 2.24) is 19.1 Å². The van der Waals surface area contributed by atoms with Gasteiger partial charge in [0.15, 0.2) is 11.5 Å². The number of piperidine rings is 1. The van der Waals surface area contributed by atoms with Crippen LogP contribution in [0.4, 0.5) is 13.2 Å². The normalized spacial score (nSPS) is 15.0. The number of carboxylic acids is 1. The summed E-state index contributed by atoms with van der Waals surface area (Å²) in [7, 11) is -3.20. The third-order valence-corrected chi connectivity index (χ3v) is 8.82. The Bertz CT molecular complexity index is 1750. The van der Waals surface area contributed by atoms with Gasteiger partial charge < -0.3 is 9.84 Å². The summed E-state index contributed by atoms with van der Waals surface area (Å²) in [4.78, 5) is 15.7. The highest BCUT2D eigenvalue weighted by atomic mass is 35.5. The minimum absolute atomic E-state index is 0.141. The number of aromatic nitrogens is 3. The molecule has 226 valence electrons. The minimum atomic E-state index is -4.99. The molecule has 1 aliphatic heterocycles. The second-order valence-corrected chi connectivity index (χ2v) is 12.5. The number of aromatic carboxylic acids is 1. The highest BCUT2D eigenvalue weighted by molar-refractivity contribution is 7.88. The van der Waals surface area contributed by atoms with Gasteiger partial charge in [-0.1, -0.05) is 48.0 Å². The van der Waals surface area contributed by atoms with Crippen molar-refractivity contribution in [2.75, 3.05) is 19.3 Å². The van der Waals surface area contributed by atoms with Crippen LogP contribution in [-0.4, -0.2) is 57.9 Å². The first-order valence-electron chi connectivity index (χ1n) is 13.1. The van der Waals surface area contributed by atoms with Crippen LogP contribution in [0.1, 0.15) is 45.9 Å². The van der Waals surface area contributed by atoms with E-state index < -0.39 is 33.4 Å². The van der Waals surface area contributed by atoms with Crippen molar-refractivity contribution in [1.29, 1.82) is 0 Å². The molecular formula is C29H26ClF3N4O5S. The second-order valence-electron chi connectivity index (χ2n) is 10.1. The molecule has 1 fully saturated rings. The van der Waals surface area contributed by atoms with Crippen molar-refractivity contribution in [3.8, 4) is 22.8 Å².